The molecule has 0 saturated carbocycles. The maximum Gasteiger partial charge on any atom is 0.0464 e. The van der Waals surface area contributed by atoms with E-state index in [4.69, 9.17) is 0 Å². The number of nitrogens with one attached hydrogen (secondary N) is 2. The van der Waals surface area contributed by atoms with E-state index in [9.17, 15) is 0 Å². The van der Waals surface area contributed by atoms with Crippen LogP contribution in [-0.2, 0) is 6.42 Å². The number of hydrogen-bond acceptors (Lipinski definition) is 1. The fourth-order valence-corrected chi connectivity index (χ4v) is 3.70. The SMILES string of the molecule is CCCNC1CCCCc2[nH]c3cc(C)cc(C)c3c21. The highest BCUT2D eigenvalue weighted by Gasteiger charge is 2.23. The summed E-state index contributed by atoms with van der Waals surface area (Å²) >= 11 is 0. The summed E-state index contributed by atoms with van der Waals surface area (Å²) in [6.07, 6.45) is 6.31. The van der Waals surface area contributed by atoms with E-state index in [2.05, 4.69) is 43.2 Å². The molecule has 0 bridgehead atoms. The molecule has 1 unspecified atom stereocenters. The van der Waals surface area contributed by atoms with E-state index in [1.807, 2.05) is 0 Å². The first-order valence-electron chi connectivity index (χ1n) is 8.05. The molecule has 1 atom stereocenters. The minimum Gasteiger partial charge on any atom is -0.358 e. The van der Waals surface area contributed by atoms with Crippen molar-refractivity contribution in [1.29, 1.82) is 0 Å². The van der Waals surface area contributed by atoms with E-state index >= 15 is 0 Å². The molecule has 1 aromatic heterocycles. The Kier molecular flexibility index (Phi) is 3.84. The van der Waals surface area contributed by atoms with Crippen LogP contribution in [0.5, 0.6) is 0 Å². The number of aromatic amines is 1. The third-order valence-corrected chi connectivity index (χ3v) is 4.52. The molecule has 1 heterocycles. The maximum absolute atomic E-state index is 3.77. The number of hydrogen-bond donors (Lipinski definition) is 2. The van der Waals surface area contributed by atoms with Crippen molar-refractivity contribution in [3.63, 3.8) is 0 Å². The normalized spacial score (nSPS) is 19.1. The predicted molar refractivity (Wildman–Crippen MR) is 86.4 cm³/mol. The summed E-state index contributed by atoms with van der Waals surface area (Å²) in [6, 6.07) is 5.15. The molecule has 2 N–H and O–H groups in total. The minimum absolute atomic E-state index is 0.530. The van der Waals surface area contributed by atoms with E-state index in [0.29, 0.717) is 6.04 Å². The largest absolute Gasteiger partial charge is 0.358 e. The van der Waals surface area contributed by atoms with Gasteiger partial charge in [-0.05, 0) is 68.8 Å². The molecule has 0 saturated heterocycles. The van der Waals surface area contributed by atoms with E-state index < -0.39 is 0 Å². The number of benzene rings is 1. The van der Waals surface area contributed by atoms with Crippen molar-refractivity contribution in [2.75, 3.05) is 6.54 Å². The molecular formula is C18H26N2. The van der Waals surface area contributed by atoms with Gasteiger partial charge in [-0.2, -0.15) is 0 Å². The van der Waals surface area contributed by atoms with Crippen molar-refractivity contribution in [2.24, 2.45) is 0 Å². The third kappa shape index (κ3) is 2.37. The predicted octanol–water partition coefficient (Wildman–Crippen LogP) is 4.55. The highest BCUT2D eigenvalue weighted by molar-refractivity contribution is 5.89. The lowest BCUT2D eigenvalue weighted by atomic mass is 9.97. The number of fused-ring (bicyclic) bond motifs is 3. The van der Waals surface area contributed by atoms with Crippen LogP contribution in [-0.4, -0.2) is 11.5 Å². The van der Waals surface area contributed by atoms with Crippen LogP contribution in [0.4, 0.5) is 0 Å². The van der Waals surface area contributed by atoms with Crippen molar-refractivity contribution in [2.45, 2.75) is 58.9 Å². The van der Waals surface area contributed by atoms with Gasteiger partial charge in [-0.1, -0.05) is 19.4 Å². The fourth-order valence-electron chi connectivity index (χ4n) is 3.70. The molecule has 1 aliphatic carbocycles. The molecule has 0 aliphatic heterocycles. The number of aryl methyl sites for hydroxylation is 3. The average molecular weight is 270 g/mol. The zero-order chi connectivity index (χ0) is 14.1. The number of H-pyrrole nitrogens is 1. The number of rotatable bonds is 3. The molecule has 20 heavy (non-hydrogen) atoms. The Labute approximate surface area is 122 Å². The molecule has 2 nitrogen and oxygen atoms in total. The van der Waals surface area contributed by atoms with Crippen LogP contribution in [0.2, 0.25) is 0 Å². The zero-order valence-electron chi connectivity index (χ0n) is 13.0. The molecule has 3 rings (SSSR count). The van der Waals surface area contributed by atoms with Gasteiger partial charge in [-0.15, -0.1) is 0 Å². The molecule has 2 aromatic rings. The van der Waals surface area contributed by atoms with E-state index in [1.54, 1.807) is 5.56 Å². The summed E-state index contributed by atoms with van der Waals surface area (Å²) < 4.78 is 0. The van der Waals surface area contributed by atoms with Crippen molar-refractivity contribution in [1.82, 2.24) is 10.3 Å². The van der Waals surface area contributed by atoms with Gasteiger partial charge in [0.2, 0.25) is 0 Å². The Balaban J connectivity index is 2.14. The lowest BCUT2D eigenvalue weighted by molar-refractivity contribution is 0.492. The van der Waals surface area contributed by atoms with E-state index in [1.165, 1.54) is 59.8 Å². The first kappa shape index (κ1) is 13.7. The van der Waals surface area contributed by atoms with Gasteiger partial charge in [-0.25, -0.2) is 0 Å². The second-order valence-electron chi connectivity index (χ2n) is 6.27. The molecule has 1 aliphatic rings. The quantitative estimate of drug-likeness (QED) is 0.787. The van der Waals surface area contributed by atoms with Crippen LogP contribution < -0.4 is 5.32 Å². The highest BCUT2D eigenvalue weighted by atomic mass is 14.9. The van der Waals surface area contributed by atoms with Crippen LogP contribution in [0.3, 0.4) is 0 Å². The van der Waals surface area contributed by atoms with Gasteiger partial charge in [0.15, 0.2) is 0 Å². The van der Waals surface area contributed by atoms with Gasteiger partial charge in [0.1, 0.15) is 0 Å². The standard InChI is InChI=1S/C18H26N2/c1-4-9-19-14-7-5-6-8-15-18(14)17-13(3)10-12(2)11-16(17)20-15/h10-11,14,19-20H,4-9H2,1-3H3. The van der Waals surface area contributed by atoms with Gasteiger partial charge in [-0.3, -0.25) is 0 Å². The van der Waals surface area contributed by atoms with Crippen molar-refractivity contribution < 1.29 is 0 Å². The molecule has 108 valence electrons. The van der Waals surface area contributed by atoms with Crippen LogP contribution in [0.15, 0.2) is 12.1 Å². The lowest BCUT2D eigenvalue weighted by Gasteiger charge is -2.18. The second kappa shape index (κ2) is 5.61. The van der Waals surface area contributed by atoms with Gasteiger partial charge in [0.25, 0.3) is 0 Å². The summed E-state index contributed by atoms with van der Waals surface area (Å²) in [4.78, 5) is 3.70. The first-order chi connectivity index (χ1) is 9.70. The summed E-state index contributed by atoms with van der Waals surface area (Å²) in [5, 5.41) is 5.24. The Bertz CT molecular complexity index is 609. The van der Waals surface area contributed by atoms with Crippen LogP contribution in [0, 0.1) is 13.8 Å². The van der Waals surface area contributed by atoms with Crippen molar-refractivity contribution >= 4 is 10.9 Å². The Morgan fingerprint density at radius 3 is 2.90 bits per heavy atom. The van der Waals surface area contributed by atoms with Gasteiger partial charge >= 0.3 is 0 Å². The average Bonchev–Trinajstić information content (AvgIpc) is 2.65. The molecule has 1 aromatic carbocycles. The topological polar surface area (TPSA) is 27.8 Å². The Hall–Kier alpha value is -1.28. The Morgan fingerprint density at radius 1 is 1.25 bits per heavy atom. The lowest BCUT2D eigenvalue weighted by Crippen LogP contribution is -2.22. The van der Waals surface area contributed by atoms with Gasteiger partial charge in [0.05, 0.1) is 0 Å². The zero-order valence-corrected chi connectivity index (χ0v) is 13.0. The summed E-state index contributed by atoms with van der Waals surface area (Å²) in [5.74, 6) is 0. The Morgan fingerprint density at radius 2 is 2.10 bits per heavy atom. The third-order valence-electron chi connectivity index (χ3n) is 4.52. The summed E-state index contributed by atoms with van der Waals surface area (Å²) in [6.45, 7) is 7.80. The van der Waals surface area contributed by atoms with Crippen LogP contribution >= 0.6 is 0 Å². The summed E-state index contributed by atoms with van der Waals surface area (Å²) in [7, 11) is 0. The van der Waals surface area contributed by atoms with Crippen LogP contribution in [0.1, 0.15) is 61.0 Å². The van der Waals surface area contributed by atoms with Gasteiger partial charge in [0, 0.05) is 22.6 Å². The number of aromatic nitrogens is 1. The highest BCUT2D eigenvalue weighted by Crippen LogP contribution is 2.36. The molecule has 0 radical (unpaired) electrons. The van der Waals surface area contributed by atoms with E-state index in [0.717, 1.165) is 6.54 Å². The molecule has 0 spiro atoms. The van der Waals surface area contributed by atoms with Crippen molar-refractivity contribution in [3.05, 3.63) is 34.5 Å². The first-order valence-corrected chi connectivity index (χ1v) is 8.05. The maximum atomic E-state index is 3.77. The fraction of sp³-hybridized carbons (Fsp3) is 0.556. The van der Waals surface area contributed by atoms with Crippen LogP contribution in [0.25, 0.3) is 10.9 Å². The minimum atomic E-state index is 0.530. The monoisotopic (exact) mass is 270 g/mol. The molecular weight excluding hydrogens is 244 g/mol. The van der Waals surface area contributed by atoms with Gasteiger partial charge < -0.3 is 10.3 Å². The van der Waals surface area contributed by atoms with E-state index in [-0.39, 0.29) is 0 Å². The second-order valence-corrected chi connectivity index (χ2v) is 6.27. The molecule has 0 amide bonds. The molecule has 2 heteroatoms. The molecule has 0 fully saturated rings. The smallest absolute Gasteiger partial charge is 0.0464 e. The summed E-state index contributed by atoms with van der Waals surface area (Å²) in [5.41, 5.74) is 7.13. The van der Waals surface area contributed by atoms with Crippen molar-refractivity contribution in [3.8, 4) is 0 Å².